The van der Waals surface area contributed by atoms with E-state index < -0.39 is 0 Å². The fraction of sp³-hybridized carbons (Fsp3) is 0. The Morgan fingerprint density at radius 3 is 1.64 bits per heavy atom. The van der Waals surface area contributed by atoms with Crippen molar-refractivity contribution in [1.82, 2.24) is 0 Å². The van der Waals surface area contributed by atoms with Gasteiger partial charge in [0.05, 0.1) is 0 Å². The van der Waals surface area contributed by atoms with Crippen LogP contribution in [0.3, 0.4) is 0 Å². The molecule has 0 saturated heterocycles. The minimum absolute atomic E-state index is 0.791. The molecular weight excluding hydrogens is 187 g/mol. The molecule has 0 aliphatic rings. The summed E-state index contributed by atoms with van der Waals surface area (Å²) in [4.78, 5) is 0.976. The fourth-order valence-electron chi connectivity index (χ4n) is 1.33. The topological polar surface area (TPSA) is 0 Å². The monoisotopic (exact) mass is 196 g/mol. The van der Waals surface area contributed by atoms with Crippen molar-refractivity contribution in [3.8, 4) is 11.1 Å². The summed E-state index contributed by atoms with van der Waals surface area (Å²) in [5.74, 6) is 0. The summed E-state index contributed by atoms with van der Waals surface area (Å²) in [7, 11) is 5.62. The van der Waals surface area contributed by atoms with Crippen molar-refractivity contribution in [2.75, 3.05) is 0 Å². The molecule has 2 heteroatoms. The molecule has 66 valence electrons. The zero-order valence-electron chi connectivity index (χ0n) is 7.64. The lowest BCUT2D eigenvalue weighted by Gasteiger charge is -2.02. The Hall–Kier alpha value is -1.15. The molecule has 0 spiro atoms. The van der Waals surface area contributed by atoms with Crippen molar-refractivity contribution < 1.29 is 0 Å². The largest absolute Gasteiger partial charge is 0.143 e. The van der Waals surface area contributed by atoms with Crippen LogP contribution in [0.1, 0.15) is 0 Å². The molecule has 0 N–H and O–H groups in total. The van der Waals surface area contributed by atoms with Gasteiger partial charge in [-0.1, -0.05) is 41.9 Å². The number of rotatable bonds is 1. The van der Waals surface area contributed by atoms with Gasteiger partial charge < -0.3 is 0 Å². The first-order chi connectivity index (χ1) is 6.75. The van der Waals surface area contributed by atoms with Crippen molar-refractivity contribution >= 4 is 25.9 Å². The van der Waals surface area contributed by atoms with Crippen LogP contribution in [0.25, 0.3) is 11.1 Å². The van der Waals surface area contributed by atoms with Crippen molar-refractivity contribution in [2.45, 2.75) is 4.90 Å². The highest BCUT2D eigenvalue weighted by Gasteiger charge is 1.95. The first kappa shape index (κ1) is 9.41. The van der Waals surface area contributed by atoms with E-state index >= 15 is 0 Å². The van der Waals surface area contributed by atoms with Crippen LogP contribution in [0.15, 0.2) is 53.4 Å². The van der Waals surface area contributed by atoms with Gasteiger partial charge in [0.15, 0.2) is 0 Å². The maximum atomic E-state index is 5.62. The fourth-order valence-corrected chi connectivity index (χ4v) is 1.48. The van der Waals surface area contributed by atoms with Gasteiger partial charge in [-0.25, -0.2) is 0 Å². The van der Waals surface area contributed by atoms with Crippen LogP contribution in [-0.4, -0.2) is 7.85 Å². The summed E-state index contributed by atoms with van der Waals surface area (Å²) in [6, 6.07) is 15.9. The molecule has 0 atom stereocenters. The Morgan fingerprint density at radius 1 is 0.714 bits per heavy atom. The minimum atomic E-state index is 0.791. The van der Waals surface area contributed by atoms with Gasteiger partial charge in [-0.3, -0.25) is 0 Å². The van der Waals surface area contributed by atoms with E-state index in [-0.39, 0.29) is 0 Å². The van der Waals surface area contributed by atoms with Gasteiger partial charge >= 0.3 is 0 Å². The second-order valence-corrected chi connectivity index (χ2v) is 3.69. The van der Waals surface area contributed by atoms with Crippen LogP contribution in [0, 0.1) is 0 Å². The smallest absolute Gasteiger partial charge is 0.113 e. The zero-order valence-corrected chi connectivity index (χ0v) is 8.54. The minimum Gasteiger partial charge on any atom is -0.143 e. The molecule has 0 fully saturated rings. The van der Waals surface area contributed by atoms with E-state index in [0.717, 1.165) is 10.4 Å². The van der Waals surface area contributed by atoms with E-state index in [9.17, 15) is 0 Å². The molecule has 0 unspecified atom stereocenters. The summed E-state index contributed by atoms with van der Waals surface area (Å²) < 4.78 is 0. The van der Waals surface area contributed by atoms with Gasteiger partial charge in [0, 0.05) is 4.90 Å². The van der Waals surface area contributed by atoms with E-state index in [1.807, 2.05) is 48.5 Å². The van der Waals surface area contributed by atoms with Crippen LogP contribution in [0.5, 0.6) is 0 Å². The highest BCUT2D eigenvalue weighted by molar-refractivity contribution is 7.80. The summed E-state index contributed by atoms with van der Waals surface area (Å²) >= 11 is 4.24. The lowest BCUT2D eigenvalue weighted by Crippen LogP contribution is -1.98. The van der Waals surface area contributed by atoms with Crippen LogP contribution in [0.2, 0.25) is 0 Å². The molecule has 0 amide bonds. The summed E-state index contributed by atoms with van der Waals surface area (Å²) in [5.41, 5.74) is 3.15. The molecule has 2 aromatic rings. The molecule has 2 aromatic carbocycles. The Labute approximate surface area is 90.8 Å². The Balaban J connectivity index is 2.40. The third kappa shape index (κ3) is 2.02. The second-order valence-electron chi connectivity index (χ2n) is 3.17. The van der Waals surface area contributed by atoms with E-state index in [0.29, 0.717) is 0 Å². The Morgan fingerprint density at radius 2 is 1.14 bits per heavy atom. The maximum Gasteiger partial charge on any atom is 0.113 e. The average Bonchev–Trinajstić information content (AvgIpc) is 2.21. The first-order valence-corrected chi connectivity index (χ1v) is 4.85. The molecule has 0 aliphatic carbocycles. The quantitative estimate of drug-likeness (QED) is 0.525. The maximum absolute atomic E-state index is 5.62. The van der Waals surface area contributed by atoms with Gasteiger partial charge in [0.25, 0.3) is 0 Å². The molecular formula is C12H9BS. The molecule has 2 radical (unpaired) electrons. The zero-order chi connectivity index (χ0) is 9.97. The van der Waals surface area contributed by atoms with Crippen LogP contribution >= 0.6 is 12.6 Å². The summed E-state index contributed by atoms with van der Waals surface area (Å²) in [6.07, 6.45) is 0. The van der Waals surface area contributed by atoms with Crippen molar-refractivity contribution in [1.29, 1.82) is 0 Å². The van der Waals surface area contributed by atoms with Crippen LogP contribution in [-0.2, 0) is 0 Å². The molecule has 0 aliphatic heterocycles. The SMILES string of the molecule is [B]c1ccc(-c2ccc(S)cc2)cc1. The van der Waals surface area contributed by atoms with E-state index in [1.165, 1.54) is 11.1 Å². The normalized spacial score (nSPS) is 10.1. The van der Waals surface area contributed by atoms with Gasteiger partial charge in [-0.15, -0.1) is 12.6 Å². The lowest BCUT2D eigenvalue weighted by molar-refractivity contribution is 1.47. The number of benzene rings is 2. The highest BCUT2D eigenvalue weighted by Crippen LogP contribution is 2.19. The van der Waals surface area contributed by atoms with E-state index in [2.05, 4.69) is 12.6 Å². The predicted octanol–water partition coefficient (Wildman–Crippen LogP) is 2.44. The van der Waals surface area contributed by atoms with Gasteiger partial charge in [0.1, 0.15) is 7.85 Å². The van der Waals surface area contributed by atoms with E-state index in [1.54, 1.807) is 0 Å². The Bertz CT molecular complexity index is 374. The first-order valence-electron chi connectivity index (χ1n) is 4.41. The molecule has 0 heterocycles. The van der Waals surface area contributed by atoms with Gasteiger partial charge in [0.2, 0.25) is 0 Å². The summed E-state index contributed by atoms with van der Waals surface area (Å²) in [5, 5.41) is 0. The number of thiol groups is 1. The molecule has 0 nitrogen and oxygen atoms in total. The number of hydrogen-bond donors (Lipinski definition) is 1. The predicted molar refractivity (Wildman–Crippen MR) is 64.5 cm³/mol. The van der Waals surface area contributed by atoms with Gasteiger partial charge in [-0.2, -0.15) is 0 Å². The highest BCUT2D eigenvalue weighted by atomic mass is 32.1. The average molecular weight is 196 g/mol. The second kappa shape index (κ2) is 3.93. The molecule has 0 bridgehead atoms. The van der Waals surface area contributed by atoms with E-state index in [4.69, 9.17) is 7.85 Å². The van der Waals surface area contributed by atoms with Crippen molar-refractivity contribution in [3.05, 3.63) is 48.5 Å². The Kier molecular flexibility index (Phi) is 2.64. The van der Waals surface area contributed by atoms with Crippen molar-refractivity contribution in [3.63, 3.8) is 0 Å². The molecule has 14 heavy (non-hydrogen) atoms. The van der Waals surface area contributed by atoms with Gasteiger partial charge in [-0.05, 0) is 23.3 Å². The van der Waals surface area contributed by atoms with Crippen LogP contribution < -0.4 is 5.46 Å². The van der Waals surface area contributed by atoms with Crippen LogP contribution in [0.4, 0.5) is 0 Å². The molecule has 0 aromatic heterocycles. The standard InChI is InChI=1S/C12H9BS/c13-11-5-1-9(2-6-11)10-3-7-12(14)8-4-10/h1-8,14H. The number of hydrogen-bond acceptors (Lipinski definition) is 1. The third-order valence-electron chi connectivity index (χ3n) is 2.11. The molecule has 2 rings (SSSR count). The summed E-state index contributed by atoms with van der Waals surface area (Å²) in [6.45, 7) is 0. The third-order valence-corrected chi connectivity index (χ3v) is 2.41. The lowest BCUT2D eigenvalue weighted by atomic mass is 9.94. The van der Waals surface area contributed by atoms with Crippen molar-refractivity contribution in [2.24, 2.45) is 0 Å². The molecule has 0 saturated carbocycles.